The van der Waals surface area contributed by atoms with Crippen LogP contribution < -0.4 is 19.9 Å². The molecule has 0 spiro atoms. The van der Waals surface area contributed by atoms with E-state index in [1.54, 1.807) is 0 Å². The number of nitrogens with one attached hydrogen (secondary N) is 1. The number of carbonyl (C=O) groups excluding carboxylic acids is 2. The van der Waals surface area contributed by atoms with E-state index in [0.717, 1.165) is 30.6 Å². The quantitative estimate of drug-likeness (QED) is 0.799. The third-order valence-corrected chi connectivity index (χ3v) is 6.00. The van der Waals surface area contributed by atoms with Gasteiger partial charge in [-0.3, -0.25) is 9.59 Å². The van der Waals surface area contributed by atoms with Crippen LogP contribution >= 0.6 is 0 Å². The molecule has 1 N–H and O–H groups in total. The third-order valence-electron chi connectivity index (χ3n) is 6.00. The molecule has 2 amide bonds. The Morgan fingerprint density at radius 3 is 2.53 bits per heavy atom. The van der Waals surface area contributed by atoms with Crippen LogP contribution in [0.25, 0.3) is 0 Å². The molecule has 2 aromatic rings. The molecule has 2 heterocycles. The van der Waals surface area contributed by atoms with Crippen LogP contribution in [0.4, 0.5) is 11.4 Å². The van der Waals surface area contributed by atoms with Gasteiger partial charge < -0.3 is 19.9 Å². The fourth-order valence-corrected chi connectivity index (χ4v) is 4.23. The van der Waals surface area contributed by atoms with E-state index in [1.807, 2.05) is 52.3 Å². The van der Waals surface area contributed by atoms with Crippen LogP contribution in [-0.4, -0.2) is 43.6 Å². The van der Waals surface area contributed by atoms with Crippen molar-refractivity contribution < 1.29 is 14.3 Å². The van der Waals surface area contributed by atoms with E-state index in [0.29, 0.717) is 18.8 Å². The molecule has 1 atom stereocenters. The minimum atomic E-state index is -0.640. The summed E-state index contributed by atoms with van der Waals surface area (Å²) < 4.78 is 6.00. The number of benzene rings is 2. The lowest BCUT2D eigenvalue weighted by atomic mass is 10.1. The van der Waals surface area contributed by atoms with E-state index in [1.165, 1.54) is 5.56 Å². The van der Waals surface area contributed by atoms with E-state index in [4.69, 9.17) is 4.74 Å². The summed E-state index contributed by atoms with van der Waals surface area (Å²) in [6.45, 7) is 5.38. The van der Waals surface area contributed by atoms with Gasteiger partial charge in [-0.25, -0.2) is 0 Å². The van der Waals surface area contributed by atoms with Crippen molar-refractivity contribution in [2.75, 3.05) is 29.4 Å². The Morgan fingerprint density at radius 2 is 1.77 bits per heavy atom. The van der Waals surface area contributed by atoms with E-state index in [2.05, 4.69) is 25.2 Å². The number of nitrogens with zero attached hydrogens (tertiary/aromatic N) is 2. The van der Waals surface area contributed by atoms with Gasteiger partial charge in [-0.15, -0.1) is 0 Å². The molecule has 0 saturated carbocycles. The molecule has 1 unspecified atom stereocenters. The largest absolute Gasteiger partial charge is 0.477 e. The number of para-hydroxylation sites is 3. The summed E-state index contributed by atoms with van der Waals surface area (Å²) in [6.07, 6.45) is 1.99. The number of anilines is 2. The van der Waals surface area contributed by atoms with Gasteiger partial charge in [0.05, 0.1) is 18.8 Å². The minimum Gasteiger partial charge on any atom is -0.477 e. The molecule has 6 heteroatoms. The Hall–Kier alpha value is -3.02. The zero-order valence-electron chi connectivity index (χ0n) is 17.6. The Labute approximate surface area is 177 Å². The van der Waals surface area contributed by atoms with E-state index in [-0.39, 0.29) is 24.4 Å². The average Bonchev–Trinajstić information content (AvgIpc) is 3.21. The first kappa shape index (κ1) is 20.3. The monoisotopic (exact) mass is 407 g/mol. The van der Waals surface area contributed by atoms with Crippen molar-refractivity contribution in [1.82, 2.24) is 5.32 Å². The third kappa shape index (κ3) is 3.99. The number of carbonyl (C=O) groups is 2. The van der Waals surface area contributed by atoms with Crippen molar-refractivity contribution in [3.05, 3.63) is 54.1 Å². The first-order chi connectivity index (χ1) is 14.6. The fraction of sp³-hybridized carbons (Fsp3) is 0.417. The van der Waals surface area contributed by atoms with Crippen LogP contribution in [0.2, 0.25) is 0 Å². The predicted molar refractivity (Wildman–Crippen MR) is 118 cm³/mol. The van der Waals surface area contributed by atoms with Crippen molar-refractivity contribution in [3.8, 4) is 5.75 Å². The van der Waals surface area contributed by atoms with Crippen LogP contribution in [0.5, 0.6) is 5.75 Å². The molecule has 2 aliphatic heterocycles. The zero-order chi connectivity index (χ0) is 21.1. The number of ether oxygens (including phenoxy) is 1. The van der Waals surface area contributed by atoms with Crippen molar-refractivity contribution in [2.45, 2.75) is 45.3 Å². The van der Waals surface area contributed by atoms with Gasteiger partial charge in [0.2, 0.25) is 5.91 Å². The summed E-state index contributed by atoms with van der Waals surface area (Å²) in [6, 6.07) is 15.8. The molecule has 0 aromatic heterocycles. The van der Waals surface area contributed by atoms with Crippen LogP contribution in [0, 0.1) is 0 Å². The lowest BCUT2D eigenvalue weighted by molar-refractivity contribution is -0.129. The van der Waals surface area contributed by atoms with Gasteiger partial charge in [0.15, 0.2) is 6.10 Å². The molecule has 0 bridgehead atoms. The van der Waals surface area contributed by atoms with Gasteiger partial charge >= 0.3 is 0 Å². The number of amides is 2. The van der Waals surface area contributed by atoms with E-state index < -0.39 is 6.10 Å². The van der Waals surface area contributed by atoms with Crippen LogP contribution in [0.15, 0.2) is 48.5 Å². The molecule has 2 aromatic carbocycles. The number of rotatable bonds is 6. The standard InChI is InChI=1S/C24H29N3O3/c1-3-18(4-2)25-24(29)22-15-26(20-11-7-8-12-21(20)30-22)16-23(28)27-14-13-17-9-5-6-10-19(17)27/h5-12,18,22H,3-4,13-16H2,1-2H3,(H,25,29). The topological polar surface area (TPSA) is 61.9 Å². The average molecular weight is 408 g/mol. The molecule has 0 saturated heterocycles. The maximum atomic E-state index is 13.2. The summed E-state index contributed by atoms with van der Waals surface area (Å²) in [5, 5.41) is 3.07. The number of hydrogen-bond acceptors (Lipinski definition) is 4. The number of hydrogen-bond donors (Lipinski definition) is 1. The van der Waals surface area contributed by atoms with E-state index >= 15 is 0 Å². The van der Waals surface area contributed by atoms with Gasteiger partial charge in [0.25, 0.3) is 5.91 Å². The second kappa shape index (κ2) is 8.78. The fourth-order valence-electron chi connectivity index (χ4n) is 4.23. The first-order valence-electron chi connectivity index (χ1n) is 10.8. The maximum Gasteiger partial charge on any atom is 0.263 e. The lowest BCUT2D eigenvalue weighted by Gasteiger charge is -2.36. The van der Waals surface area contributed by atoms with Crippen molar-refractivity contribution >= 4 is 23.2 Å². The lowest BCUT2D eigenvalue weighted by Crippen LogP contribution is -2.53. The second-order valence-electron chi connectivity index (χ2n) is 7.90. The van der Waals surface area contributed by atoms with Crippen LogP contribution in [-0.2, 0) is 16.0 Å². The molecule has 0 fully saturated rings. The van der Waals surface area contributed by atoms with Gasteiger partial charge in [-0.2, -0.15) is 0 Å². The van der Waals surface area contributed by atoms with Crippen molar-refractivity contribution in [1.29, 1.82) is 0 Å². The Morgan fingerprint density at radius 1 is 1.07 bits per heavy atom. The molecule has 4 rings (SSSR count). The number of fused-ring (bicyclic) bond motifs is 2. The molecule has 0 radical (unpaired) electrons. The molecule has 30 heavy (non-hydrogen) atoms. The summed E-state index contributed by atoms with van der Waals surface area (Å²) in [7, 11) is 0. The first-order valence-corrected chi connectivity index (χ1v) is 10.8. The highest BCUT2D eigenvalue weighted by molar-refractivity contribution is 5.98. The highest BCUT2D eigenvalue weighted by Gasteiger charge is 2.34. The van der Waals surface area contributed by atoms with Gasteiger partial charge in [-0.1, -0.05) is 44.2 Å². The summed E-state index contributed by atoms with van der Waals surface area (Å²) in [5.41, 5.74) is 3.05. The van der Waals surface area contributed by atoms with Gasteiger partial charge in [-0.05, 0) is 43.0 Å². The van der Waals surface area contributed by atoms with Crippen molar-refractivity contribution in [3.63, 3.8) is 0 Å². The smallest absolute Gasteiger partial charge is 0.263 e. The molecular weight excluding hydrogens is 378 g/mol. The molecule has 6 nitrogen and oxygen atoms in total. The Bertz CT molecular complexity index is 925. The van der Waals surface area contributed by atoms with Crippen molar-refractivity contribution in [2.24, 2.45) is 0 Å². The van der Waals surface area contributed by atoms with Gasteiger partial charge in [0, 0.05) is 18.3 Å². The molecule has 2 aliphatic rings. The molecule has 158 valence electrons. The highest BCUT2D eigenvalue weighted by atomic mass is 16.5. The Kier molecular flexibility index (Phi) is 5.93. The highest BCUT2D eigenvalue weighted by Crippen LogP contribution is 2.34. The van der Waals surface area contributed by atoms with Crippen LogP contribution in [0.1, 0.15) is 32.3 Å². The minimum absolute atomic E-state index is 0.0378. The summed E-state index contributed by atoms with van der Waals surface area (Å²) in [4.78, 5) is 29.8. The van der Waals surface area contributed by atoms with Crippen LogP contribution in [0.3, 0.4) is 0 Å². The summed E-state index contributed by atoms with van der Waals surface area (Å²) in [5.74, 6) is 0.557. The van der Waals surface area contributed by atoms with Gasteiger partial charge in [0.1, 0.15) is 5.75 Å². The molecular formula is C24H29N3O3. The summed E-state index contributed by atoms with van der Waals surface area (Å²) >= 11 is 0. The predicted octanol–water partition coefficient (Wildman–Crippen LogP) is 3.15. The molecule has 0 aliphatic carbocycles. The second-order valence-corrected chi connectivity index (χ2v) is 7.90. The Balaban J connectivity index is 1.52. The zero-order valence-corrected chi connectivity index (χ0v) is 17.6. The van der Waals surface area contributed by atoms with E-state index in [9.17, 15) is 9.59 Å². The normalized spacial score (nSPS) is 17.4. The SMILES string of the molecule is CCC(CC)NC(=O)C1CN(CC(=O)N2CCc3ccccc32)c2ccccc2O1. The maximum absolute atomic E-state index is 13.2.